The third-order valence-corrected chi connectivity index (χ3v) is 4.33. The highest BCUT2D eigenvalue weighted by molar-refractivity contribution is 6.30. The fourth-order valence-electron chi connectivity index (χ4n) is 2.65. The minimum Gasteiger partial charge on any atom is -0.468 e. The quantitative estimate of drug-likeness (QED) is 0.403. The predicted octanol–water partition coefficient (Wildman–Crippen LogP) is 2.72. The van der Waals surface area contributed by atoms with Crippen molar-refractivity contribution >= 4 is 46.1 Å². The van der Waals surface area contributed by atoms with Crippen LogP contribution in [0.15, 0.2) is 36.8 Å². The van der Waals surface area contributed by atoms with Crippen molar-refractivity contribution in [3.8, 4) is 0 Å². The highest BCUT2D eigenvalue weighted by Crippen LogP contribution is 2.23. The van der Waals surface area contributed by atoms with Gasteiger partial charge in [0.15, 0.2) is 5.82 Å². The Morgan fingerprint density at radius 1 is 1.28 bits per heavy atom. The third-order valence-electron chi connectivity index (χ3n) is 4.09. The van der Waals surface area contributed by atoms with E-state index in [1.165, 1.54) is 13.4 Å². The molecule has 2 heterocycles. The topological polar surface area (TPSA) is 105 Å². The molecule has 0 aliphatic carbocycles. The lowest BCUT2D eigenvalue weighted by atomic mass is 10.3. The molecule has 0 saturated carbocycles. The first-order valence-corrected chi connectivity index (χ1v) is 9.42. The van der Waals surface area contributed by atoms with E-state index in [9.17, 15) is 4.79 Å². The summed E-state index contributed by atoms with van der Waals surface area (Å²) in [4.78, 5) is 30.5. The lowest BCUT2D eigenvalue weighted by molar-refractivity contribution is -0.141. The number of nitrogens with zero attached hydrogens (tertiary/aromatic N) is 5. The summed E-state index contributed by atoms with van der Waals surface area (Å²) in [6.45, 7) is 1.65. The van der Waals surface area contributed by atoms with Crippen molar-refractivity contribution in [3.05, 3.63) is 41.8 Å². The zero-order valence-corrected chi connectivity index (χ0v) is 17.0. The molecule has 0 radical (unpaired) electrons. The molecule has 0 aliphatic rings. The van der Waals surface area contributed by atoms with Gasteiger partial charge in [-0.25, -0.2) is 19.9 Å². The maximum absolute atomic E-state index is 11.3. The van der Waals surface area contributed by atoms with Crippen LogP contribution in [0.5, 0.6) is 0 Å². The second-order valence-corrected chi connectivity index (χ2v) is 6.82. The number of anilines is 3. The number of esters is 1. The van der Waals surface area contributed by atoms with Crippen molar-refractivity contribution in [2.24, 2.45) is 0 Å². The molecule has 0 saturated heterocycles. The van der Waals surface area contributed by atoms with Gasteiger partial charge in [0.2, 0.25) is 5.95 Å². The van der Waals surface area contributed by atoms with Gasteiger partial charge in [0.05, 0.1) is 19.9 Å². The van der Waals surface area contributed by atoms with E-state index in [4.69, 9.17) is 11.6 Å². The smallest absolute Gasteiger partial charge is 0.319 e. The summed E-state index contributed by atoms with van der Waals surface area (Å²) >= 11 is 6.05. The monoisotopic (exact) mass is 415 g/mol. The van der Waals surface area contributed by atoms with Crippen LogP contribution in [0, 0.1) is 0 Å². The van der Waals surface area contributed by atoms with Crippen molar-refractivity contribution in [1.29, 1.82) is 0 Å². The van der Waals surface area contributed by atoms with Crippen molar-refractivity contribution < 1.29 is 9.53 Å². The van der Waals surface area contributed by atoms with Crippen LogP contribution < -0.4 is 10.6 Å². The van der Waals surface area contributed by atoms with Crippen LogP contribution in [-0.4, -0.2) is 64.6 Å². The molecule has 152 valence electrons. The van der Waals surface area contributed by atoms with E-state index in [1.807, 2.05) is 24.1 Å². The molecule has 2 N–H and O–H groups in total. The van der Waals surface area contributed by atoms with Gasteiger partial charge in [-0.05, 0) is 31.7 Å². The van der Waals surface area contributed by atoms with Crippen molar-refractivity contribution in [1.82, 2.24) is 24.8 Å². The third kappa shape index (κ3) is 5.97. The Morgan fingerprint density at radius 3 is 2.93 bits per heavy atom. The van der Waals surface area contributed by atoms with Gasteiger partial charge in [-0.15, -0.1) is 0 Å². The maximum Gasteiger partial charge on any atom is 0.319 e. The average molecular weight is 416 g/mol. The largest absolute Gasteiger partial charge is 0.468 e. The number of fused-ring (bicyclic) bond motifs is 1. The molecule has 0 fully saturated rings. The van der Waals surface area contributed by atoms with Crippen molar-refractivity contribution in [3.63, 3.8) is 0 Å². The molecule has 29 heavy (non-hydrogen) atoms. The number of hydrogen-bond donors (Lipinski definition) is 2. The molecule has 0 aliphatic heterocycles. The average Bonchev–Trinajstić information content (AvgIpc) is 2.71. The molecular formula is C19H22ClN7O2. The van der Waals surface area contributed by atoms with Crippen LogP contribution in [0.1, 0.15) is 6.42 Å². The normalized spacial score (nSPS) is 10.9. The highest BCUT2D eigenvalue weighted by Gasteiger charge is 2.09. The van der Waals surface area contributed by atoms with Gasteiger partial charge in [0, 0.05) is 23.8 Å². The Labute approximate surface area is 173 Å². The van der Waals surface area contributed by atoms with E-state index in [0.717, 1.165) is 18.7 Å². The Bertz CT molecular complexity index is 986. The number of benzene rings is 1. The second kappa shape index (κ2) is 9.94. The molecule has 9 nitrogen and oxygen atoms in total. The van der Waals surface area contributed by atoms with Gasteiger partial charge < -0.3 is 15.4 Å². The summed E-state index contributed by atoms with van der Waals surface area (Å²) in [6.07, 6.45) is 3.93. The van der Waals surface area contributed by atoms with Gasteiger partial charge in [-0.1, -0.05) is 17.7 Å². The van der Waals surface area contributed by atoms with Crippen molar-refractivity contribution in [2.45, 2.75) is 6.42 Å². The molecule has 1 aromatic carbocycles. The van der Waals surface area contributed by atoms with Crippen LogP contribution in [0.4, 0.5) is 17.5 Å². The summed E-state index contributed by atoms with van der Waals surface area (Å²) in [5, 5.41) is 7.03. The predicted molar refractivity (Wildman–Crippen MR) is 112 cm³/mol. The molecule has 3 rings (SSSR count). The van der Waals surface area contributed by atoms with Crippen LogP contribution >= 0.6 is 11.6 Å². The first-order chi connectivity index (χ1) is 14.0. The van der Waals surface area contributed by atoms with Gasteiger partial charge in [0.1, 0.15) is 17.4 Å². The molecular weight excluding hydrogens is 394 g/mol. The van der Waals surface area contributed by atoms with E-state index in [-0.39, 0.29) is 12.5 Å². The fraction of sp³-hybridized carbons (Fsp3) is 0.316. The minimum atomic E-state index is -0.252. The number of rotatable bonds is 9. The number of likely N-dealkylation sites (N-methyl/N-ethyl adjacent to an activating group) is 1. The first-order valence-electron chi connectivity index (χ1n) is 9.04. The van der Waals surface area contributed by atoms with Gasteiger partial charge in [0.25, 0.3) is 0 Å². The number of nitrogens with one attached hydrogen (secondary N) is 2. The molecule has 0 amide bonds. The number of halogens is 1. The van der Waals surface area contributed by atoms with E-state index < -0.39 is 0 Å². The molecule has 3 aromatic rings. The summed E-state index contributed by atoms with van der Waals surface area (Å²) < 4.78 is 4.66. The zero-order chi connectivity index (χ0) is 20.6. The second-order valence-electron chi connectivity index (χ2n) is 6.38. The van der Waals surface area contributed by atoms with Gasteiger partial charge >= 0.3 is 5.97 Å². The SMILES string of the molecule is COC(=O)CN(C)CCCNc1ncc2ncnc(Nc3cccc(Cl)c3)c2n1. The lowest BCUT2D eigenvalue weighted by Crippen LogP contribution is -2.28. The van der Waals surface area contributed by atoms with Gasteiger partial charge in [-0.3, -0.25) is 9.69 Å². The Hall–Kier alpha value is -3.04. The van der Waals surface area contributed by atoms with Crippen LogP contribution in [-0.2, 0) is 9.53 Å². The number of aromatic nitrogens is 4. The summed E-state index contributed by atoms with van der Waals surface area (Å²) in [7, 11) is 3.25. The lowest BCUT2D eigenvalue weighted by Gasteiger charge is -2.15. The van der Waals surface area contributed by atoms with Crippen LogP contribution in [0.3, 0.4) is 0 Å². The Kier molecular flexibility index (Phi) is 7.09. The van der Waals surface area contributed by atoms with Crippen LogP contribution in [0.25, 0.3) is 11.0 Å². The van der Waals surface area contributed by atoms with Crippen molar-refractivity contribution in [2.75, 3.05) is 44.4 Å². The molecule has 0 unspecified atom stereocenters. The van der Waals surface area contributed by atoms with E-state index in [1.54, 1.807) is 18.3 Å². The van der Waals surface area contributed by atoms with Crippen LogP contribution in [0.2, 0.25) is 5.02 Å². The highest BCUT2D eigenvalue weighted by atomic mass is 35.5. The number of hydrogen-bond acceptors (Lipinski definition) is 9. The minimum absolute atomic E-state index is 0.252. The van der Waals surface area contributed by atoms with E-state index >= 15 is 0 Å². The number of methoxy groups -OCH3 is 1. The Morgan fingerprint density at radius 2 is 2.14 bits per heavy atom. The number of carbonyl (C=O) groups excluding carboxylic acids is 1. The summed E-state index contributed by atoms with van der Waals surface area (Å²) in [5.74, 6) is 0.802. The summed E-state index contributed by atoms with van der Waals surface area (Å²) in [6, 6.07) is 7.36. The van der Waals surface area contributed by atoms with Gasteiger partial charge in [-0.2, -0.15) is 0 Å². The molecule has 2 aromatic heterocycles. The number of ether oxygens (including phenoxy) is 1. The maximum atomic E-state index is 11.3. The molecule has 10 heteroatoms. The molecule has 0 bridgehead atoms. The summed E-state index contributed by atoms with van der Waals surface area (Å²) in [5.41, 5.74) is 2.04. The van der Waals surface area contributed by atoms with E-state index in [0.29, 0.717) is 34.4 Å². The molecule has 0 spiro atoms. The number of carbonyl (C=O) groups is 1. The Balaban J connectivity index is 1.64. The molecule has 0 atom stereocenters. The fourth-order valence-corrected chi connectivity index (χ4v) is 2.84. The first kappa shape index (κ1) is 20.7. The standard InChI is InChI=1S/C19H22ClN7O2/c1-27(11-16(28)29-2)8-4-7-21-19-22-10-15-17(26-19)18(24-12-23-15)25-14-6-3-5-13(20)9-14/h3,5-6,9-10,12H,4,7-8,11H2,1-2H3,(H,21,22,26)(H,23,24,25). The van der Waals surface area contributed by atoms with E-state index in [2.05, 4.69) is 35.3 Å². The zero-order valence-electron chi connectivity index (χ0n) is 16.2.